The average Bonchev–Trinajstić information content (AvgIpc) is 2.15. The van der Waals surface area contributed by atoms with Gasteiger partial charge in [-0.25, -0.2) is 0 Å². The van der Waals surface area contributed by atoms with Crippen molar-refractivity contribution in [1.29, 1.82) is 0 Å². The van der Waals surface area contributed by atoms with Gasteiger partial charge in [0.2, 0.25) is 11.8 Å². The van der Waals surface area contributed by atoms with Gasteiger partial charge in [-0.2, -0.15) is 0 Å². The molecule has 0 aromatic carbocycles. The quantitative estimate of drug-likeness (QED) is 0.719. The number of hydrogen-bond donors (Lipinski definition) is 1. The molecule has 1 unspecified atom stereocenters. The third-order valence-electron chi connectivity index (χ3n) is 2.10. The summed E-state index contributed by atoms with van der Waals surface area (Å²) in [6.45, 7) is 4.04. The lowest BCUT2D eigenvalue weighted by Gasteiger charge is -2.23. The second kappa shape index (κ2) is 7.49. The fraction of sp³-hybridized carbons (Fsp3) is 0.818. The second-order valence-electron chi connectivity index (χ2n) is 4.42. The first kappa shape index (κ1) is 15.2. The molecular weight excluding hydrogens is 228 g/mol. The number of nitrogens with one attached hydrogen (secondary N) is 1. The maximum absolute atomic E-state index is 11.8. The summed E-state index contributed by atoms with van der Waals surface area (Å²) < 4.78 is 0. The Hall–Kier alpha value is -0.770. The highest BCUT2D eigenvalue weighted by Gasteiger charge is 2.22. The minimum absolute atomic E-state index is 0.0726. The molecule has 0 saturated carbocycles. The summed E-state index contributed by atoms with van der Waals surface area (Å²) in [4.78, 5) is 24.7. The molecule has 0 aromatic rings. The van der Waals surface area contributed by atoms with Crippen LogP contribution in [0.5, 0.6) is 0 Å². The van der Waals surface area contributed by atoms with E-state index in [-0.39, 0.29) is 24.1 Å². The molecular formula is C11H21ClN2O2. The number of likely N-dealkylation sites (N-methyl/N-ethyl adjacent to an activating group) is 1. The van der Waals surface area contributed by atoms with Gasteiger partial charge in [0.1, 0.15) is 6.04 Å². The molecule has 0 aliphatic carbocycles. The summed E-state index contributed by atoms with van der Waals surface area (Å²) in [5.41, 5.74) is 0. The van der Waals surface area contributed by atoms with Crippen LogP contribution >= 0.6 is 11.6 Å². The van der Waals surface area contributed by atoms with Gasteiger partial charge < -0.3 is 10.2 Å². The largest absolute Gasteiger partial charge is 0.347 e. The van der Waals surface area contributed by atoms with Crippen molar-refractivity contribution in [2.45, 2.75) is 32.7 Å². The molecule has 2 amide bonds. The lowest BCUT2D eigenvalue weighted by atomic mass is 10.0. The molecule has 0 radical (unpaired) electrons. The number of carbonyl (C=O) groups is 2. The summed E-state index contributed by atoms with van der Waals surface area (Å²) in [6, 6.07) is -0.439. The topological polar surface area (TPSA) is 49.4 Å². The molecule has 0 spiro atoms. The molecule has 1 N–H and O–H groups in total. The van der Waals surface area contributed by atoms with Crippen molar-refractivity contribution in [3.8, 4) is 0 Å². The number of alkyl halides is 1. The van der Waals surface area contributed by atoms with Gasteiger partial charge in [-0.05, 0) is 12.3 Å². The van der Waals surface area contributed by atoms with Gasteiger partial charge in [-0.15, -0.1) is 11.6 Å². The zero-order valence-corrected chi connectivity index (χ0v) is 11.2. The summed E-state index contributed by atoms with van der Waals surface area (Å²) in [5, 5.41) is 2.72. The van der Waals surface area contributed by atoms with E-state index >= 15 is 0 Å². The van der Waals surface area contributed by atoms with Crippen LogP contribution in [0.2, 0.25) is 0 Å². The maximum Gasteiger partial charge on any atom is 0.244 e. The number of amides is 2. The van der Waals surface area contributed by atoms with Crippen LogP contribution in [0.3, 0.4) is 0 Å². The summed E-state index contributed by atoms with van der Waals surface area (Å²) in [7, 11) is 3.37. The summed E-state index contributed by atoms with van der Waals surface area (Å²) in [5.74, 6) is 0.383. The van der Waals surface area contributed by atoms with Gasteiger partial charge >= 0.3 is 0 Å². The zero-order chi connectivity index (χ0) is 12.7. The average molecular weight is 249 g/mol. The lowest BCUT2D eigenvalue weighted by Crippen LogP contribution is -2.46. The Morgan fingerprint density at radius 1 is 1.31 bits per heavy atom. The van der Waals surface area contributed by atoms with Crippen LogP contribution in [0.15, 0.2) is 0 Å². The Bertz CT molecular complexity index is 242. The highest BCUT2D eigenvalue weighted by atomic mass is 35.5. The molecule has 0 rings (SSSR count). The van der Waals surface area contributed by atoms with Gasteiger partial charge in [0.25, 0.3) is 0 Å². The van der Waals surface area contributed by atoms with E-state index in [1.807, 2.05) is 13.8 Å². The number of hydrogen-bond acceptors (Lipinski definition) is 2. The van der Waals surface area contributed by atoms with Crippen LogP contribution in [-0.4, -0.2) is 42.7 Å². The first-order valence-electron chi connectivity index (χ1n) is 5.45. The van der Waals surface area contributed by atoms with E-state index in [2.05, 4.69) is 5.32 Å². The molecule has 4 nitrogen and oxygen atoms in total. The normalized spacial score (nSPS) is 12.4. The van der Waals surface area contributed by atoms with Crippen molar-refractivity contribution in [2.75, 3.05) is 20.0 Å². The van der Waals surface area contributed by atoms with Gasteiger partial charge in [0.15, 0.2) is 0 Å². The lowest BCUT2D eigenvalue weighted by molar-refractivity contribution is -0.134. The molecule has 94 valence electrons. The first-order valence-corrected chi connectivity index (χ1v) is 5.98. The minimum Gasteiger partial charge on any atom is -0.347 e. The van der Waals surface area contributed by atoms with Crippen molar-refractivity contribution in [3.63, 3.8) is 0 Å². The van der Waals surface area contributed by atoms with Crippen molar-refractivity contribution >= 4 is 23.4 Å². The van der Waals surface area contributed by atoms with Gasteiger partial charge in [0.05, 0.1) is 0 Å². The maximum atomic E-state index is 11.8. The Labute approximate surface area is 102 Å². The van der Waals surface area contributed by atoms with E-state index in [1.54, 1.807) is 14.1 Å². The summed E-state index contributed by atoms with van der Waals surface area (Å²) >= 11 is 5.47. The predicted molar refractivity (Wildman–Crippen MR) is 65.4 cm³/mol. The fourth-order valence-electron chi connectivity index (χ4n) is 1.36. The number of nitrogens with zero attached hydrogens (tertiary/aromatic N) is 1. The van der Waals surface area contributed by atoms with Crippen molar-refractivity contribution in [2.24, 2.45) is 5.92 Å². The monoisotopic (exact) mass is 248 g/mol. The molecule has 1 atom stereocenters. The van der Waals surface area contributed by atoms with Crippen LogP contribution < -0.4 is 5.32 Å². The van der Waals surface area contributed by atoms with Crippen LogP contribution in [0.25, 0.3) is 0 Å². The summed E-state index contributed by atoms with van der Waals surface area (Å²) in [6.07, 6.45) is 0.891. The smallest absolute Gasteiger partial charge is 0.244 e. The Kier molecular flexibility index (Phi) is 7.13. The van der Waals surface area contributed by atoms with E-state index in [1.165, 1.54) is 4.90 Å². The van der Waals surface area contributed by atoms with E-state index in [4.69, 9.17) is 11.6 Å². The SMILES string of the molecule is CC(C)CC(NC(=O)CCCl)C(=O)N(C)C. The van der Waals surface area contributed by atoms with Gasteiger partial charge in [-0.1, -0.05) is 13.8 Å². The third-order valence-corrected chi connectivity index (χ3v) is 2.29. The van der Waals surface area contributed by atoms with E-state index < -0.39 is 6.04 Å². The van der Waals surface area contributed by atoms with Crippen LogP contribution in [0, 0.1) is 5.92 Å². The van der Waals surface area contributed by atoms with Crippen molar-refractivity contribution in [1.82, 2.24) is 10.2 Å². The minimum atomic E-state index is -0.439. The van der Waals surface area contributed by atoms with E-state index in [0.29, 0.717) is 12.3 Å². The number of halogens is 1. The molecule has 5 heteroatoms. The molecule has 0 aliphatic heterocycles. The Morgan fingerprint density at radius 3 is 2.25 bits per heavy atom. The highest BCUT2D eigenvalue weighted by Crippen LogP contribution is 2.07. The molecule has 0 aromatic heterocycles. The standard InChI is InChI=1S/C11H21ClN2O2/c1-8(2)7-9(11(16)14(3)4)13-10(15)5-6-12/h8-9H,5-7H2,1-4H3,(H,13,15). The number of carbonyl (C=O) groups excluding carboxylic acids is 2. The molecule has 0 bridgehead atoms. The molecule has 0 saturated heterocycles. The van der Waals surface area contributed by atoms with Crippen molar-refractivity contribution < 1.29 is 9.59 Å². The second-order valence-corrected chi connectivity index (χ2v) is 4.80. The molecule has 16 heavy (non-hydrogen) atoms. The highest BCUT2D eigenvalue weighted by molar-refractivity contribution is 6.18. The number of rotatable bonds is 6. The van der Waals surface area contributed by atoms with Crippen LogP contribution in [0.4, 0.5) is 0 Å². The van der Waals surface area contributed by atoms with Crippen LogP contribution in [-0.2, 0) is 9.59 Å². The Balaban J connectivity index is 4.43. The Morgan fingerprint density at radius 2 is 1.88 bits per heavy atom. The molecule has 0 heterocycles. The van der Waals surface area contributed by atoms with E-state index in [9.17, 15) is 9.59 Å². The van der Waals surface area contributed by atoms with Crippen LogP contribution in [0.1, 0.15) is 26.7 Å². The van der Waals surface area contributed by atoms with Gasteiger partial charge in [0, 0.05) is 26.4 Å². The van der Waals surface area contributed by atoms with E-state index in [0.717, 1.165) is 0 Å². The van der Waals surface area contributed by atoms with Crippen molar-refractivity contribution in [3.05, 3.63) is 0 Å². The zero-order valence-electron chi connectivity index (χ0n) is 10.4. The fourth-order valence-corrected chi connectivity index (χ4v) is 1.53. The third kappa shape index (κ3) is 5.95. The predicted octanol–water partition coefficient (Wildman–Crippen LogP) is 1.23. The molecule has 0 fully saturated rings. The molecule has 0 aliphatic rings. The van der Waals surface area contributed by atoms with Gasteiger partial charge in [-0.3, -0.25) is 9.59 Å². The first-order chi connectivity index (χ1) is 7.38.